The predicted octanol–water partition coefficient (Wildman–Crippen LogP) is 2.73. The van der Waals surface area contributed by atoms with Gasteiger partial charge in [-0.3, -0.25) is 4.90 Å². The molecule has 4 nitrogen and oxygen atoms in total. The van der Waals surface area contributed by atoms with Crippen LogP contribution < -0.4 is 5.32 Å². The number of hydrogen-bond donors (Lipinski definition) is 1. The molecular formula is C17H25ClN4. The average Bonchev–Trinajstić information content (AvgIpc) is 2.99. The van der Waals surface area contributed by atoms with Crippen LogP contribution in [0.3, 0.4) is 0 Å². The van der Waals surface area contributed by atoms with E-state index in [1.807, 2.05) is 29.9 Å². The predicted molar refractivity (Wildman–Crippen MR) is 92.7 cm³/mol. The summed E-state index contributed by atoms with van der Waals surface area (Å²) in [6, 6.07) is 12.4. The average molecular weight is 321 g/mol. The first-order chi connectivity index (χ1) is 10.3. The van der Waals surface area contributed by atoms with E-state index >= 15 is 0 Å². The summed E-state index contributed by atoms with van der Waals surface area (Å²) in [4.78, 5) is 2.52. The van der Waals surface area contributed by atoms with E-state index in [9.17, 15) is 0 Å². The van der Waals surface area contributed by atoms with Crippen LogP contribution in [0.15, 0.2) is 42.6 Å². The second-order valence-corrected chi connectivity index (χ2v) is 5.86. The van der Waals surface area contributed by atoms with Gasteiger partial charge < -0.3 is 5.32 Å². The highest BCUT2D eigenvalue weighted by atomic mass is 35.5. The number of aromatic nitrogens is 2. The van der Waals surface area contributed by atoms with Crippen LogP contribution in [0.4, 0.5) is 0 Å². The standard InChI is InChI=1S/C17H24N4.ClH/c1-18-13-15-7-10-20(11-8-15)14-16-9-12-21(19-16)17-5-3-2-4-6-17;/h2-6,9,12,15,18H,7-8,10-11,13-14H2,1H3;1H. The fraction of sp³-hybridized carbons (Fsp3) is 0.471. The summed E-state index contributed by atoms with van der Waals surface area (Å²) in [6.45, 7) is 4.48. The molecule has 2 heterocycles. The SMILES string of the molecule is CNCC1CCN(Cc2ccn(-c3ccccc3)n2)CC1.Cl. The van der Waals surface area contributed by atoms with E-state index in [2.05, 4.69) is 34.6 Å². The van der Waals surface area contributed by atoms with Gasteiger partial charge >= 0.3 is 0 Å². The molecule has 22 heavy (non-hydrogen) atoms. The zero-order chi connectivity index (χ0) is 14.5. The van der Waals surface area contributed by atoms with Crippen molar-refractivity contribution in [3.8, 4) is 5.69 Å². The number of hydrogen-bond acceptors (Lipinski definition) is 3. The third-order valence-corrected chi connectivity index (χ3v) is 4.25. The van der Waals surface area contributed by atoms with Crippen molar-refractivity contribution in [2.45, 2.75) is 19.4 Å². The van der Waals surface area contributed by atoms with Crippen molar-refractivity contribution in [3.63, 3.8) is 0 Å². The van der Waals surface area contributed by atoms with E-state index < -0.39 is 0 Å². The number of benzene rings is 1. The normalized spacial score (nSPS) is 16.4. The summed E-state index contributed by atoms with van der Waals surface area (Å²) in [7, 11) is 2.04. The minimum Gasteiger partial charge on any atom is -0.319 e. The van der Waals surface area contributed by atoms with Crippen molar-refractivity contribution in [3.05, 3.63) is 48.3 Å². The first kappa shape index (κ1) is 17.0. The second-order valence-electron chi connectivity index (χ2n) is 5.86. The molecule has 1 fully saturated rings. The van der Waals surface area contributed by atoms with Gasteiger partial charge in [-0.05, 0) is 63.6 Å². The van der Waals surface area contributed by atoms with Gasteiger partial charge in [0.05, 0.1) is 11.4 Å². The van der Waals surface area contributed by atoms with Crippen LogP contribution in [0.5, 0.6) is 0 Å². The minimum absolute atomic E-state index is 0. The summed E-state index contributed by atoms with van der Waals surface area (Å²) < 4.78 is 1.96. The van der Waals surface area contributed by atoms with Gasteiger partial charge in [0.25, 0.3) is 0 Å². The lowest BCUT2D eigenvalue weighted by atomic mass is 9.97. The molecule has 1 aliphatic heterocycles. The van der Waals surface area contributed by atoms with Crippen molar-refractivity contribution in [2.75, 3.05) is 26.7 Å². The molecule has 2 aromatic rings. The summed E-state index contributed by atoms with van der Waals surface area (Å²) >= 11 is 0. The smallest absolute Gasteiger partial charge is 0.0769 e. The molecule has 0 spiro atoms. The molecule has 0 aliphatic carbocycles. The molecule has 0 saturated carbocycles. The van der Waals surface area contributed by atoms with Crippen LogP contribution in [0.2, 0.25) is 0 Å². The van der Waals surface area contributed by atoms with Crippen molar-refractivity contribution in [1.29, 1.82) is 0 Å². The lowest BCUT2D eigenvalue weighted by molar-refractivity contribution is 0.175. The lowest BCUT2D eigenvalue weighted by Gasteiger charge is -2.31. The Kier molecular flexibility index (Phi) is 6.43. The third-order valence-electron chi connectivity index (χ3n) is 4.25. The number of likely N-dealkylation sites (tertiary alicyclic amines) is 1. The first-order valence-corrected chi connectivity index (χ1v) is 7.82. The molecule has 1 aromatic carbocycles. The Hall–Kier alpha value is -1.36. The molecule has 0 radical (unpaired) electrons. The van der Waals surface area contributed by atoms with Gasteiger partial charge in [-0.2, -0.15) is 5.10 Å². The van der Waals surface area contributed by atoms with Gasteiger partial charge in [-0.1, -0.05) is 18.2 Å². The maximum absolute atomic E-state index is 4.69. The highest BCUT2D eigenvalue weighted by Gasteiger charge is 2.19. The molecule has 1 saturated heterocycles. The van der Waals surface area contributed by atoms with Crippen LogP contribution >= 0.6 is 12.4 Å². The number of piperidine rings is 1. The molecule has 0 amide bonds. The summed E-state index contributed by atoms with van der Waals surface area (Å²) in [5, 5.41) is 7.98. The largest absolute Gasteiger partial charge is 0.319 e. The Morgan fingerprint density at radius 2 is 1.86 bits per heavy atom. The zero-order valence-electron chi connectivity index (χ0n) is 13.1. The van der Waals surface area contributed by atoms with Gasteiger partial charge in [0.1, 0.15) is 0 Å². The molecular weight excluding hydrogens is 296 g/mol. The molecule has 0 unspecified atom stereocenters. The first-order valence-electron chi connectivity index (χ1n) is 7.82. The van der Waals surface area contributed by atoms with Crippen molar-refractivity contribution in [2.24, 2.45) is 5.92 Å². The Balaban J connectivity index is 0.00000176. The van der Waals surface area contributed by atoms with Crippen molar-refractivity contribution < 1.29 is 0 Å². The van der Waals surface area contributed by atoms with Crippen LogP contribution in [0, 0.1) is 5.92 Å². The van der Waals surface area contributed by atoms with Crippen LogP contribution in [-0.2, 0) is 6.54 Å². The topological polar surface area (TPSA) is 33.1 Å². The van der Waals surface area contributed by atoms with E-state index in [0.717, 1.165) is 30.4 Å². The van der Waals surface area contributed by atoms with Gasteiger partial charge in [-0.25, -0.2) is 4.68 Å². The summed E-state index contributed by atoms with van der Waals surface area (Å²) in [6.07, 6.45) is 4.64. The van der Waals surface area contributed by atoms with Crippen molar-refractivity contribution >= 4 is 12.4 Å². The van der Waals surface area contributed by atoms with E-state index in [0.29, 0.717) is 0 Å². The molecule has 120 valence electrons. The second kappa shape index (κ2) is 8.32. The number of nitrogens with one attached hydrogen (secondary N) is 1. The van der Waals surface area contributed by atoms with Gasteiger partial charge in [0.15, 0.2) is 0 Å². The number of nitrogens with zero attached hydrogens (tertiary/aromatic N) is 3. The molecule has 0 atom stereocenters. The van der Waals surface area contributed by atoms with E-state index in [1.165, 1.54) is 25.9 Å². The molecule has 1 N–H and O–H groups in total. The highest BCUT2D eigenvalue weighted by molar-refractivity contribution is 5.85. The van der Waals surface area contributed by atoms with Crippen LogP contribution in [0.25, 0.3) is 5.69 Å². The molecule has 1 aliphatic rings. The number of halogens is 1. The molecule has 1 aromatic heterocycles. The highest BCUT2D eigenvalue weighted by Crippen LogP contribution is 2.18. The van der Waals surface area contributed by atoms with Crippen LogP contribution in [0.1, 0.15) is 18.5 Å². The molecule has 5 heteroatoms. The summed E-state index contributed by atoms with van der Waals surface area (Å²) in [5.74, 6) is 0.841. The van der Waals surface area contributed by atoms with Crippen LogP contribution in [-0.4, -0.2) is 41.4 Å². The van der Waals surface area contributed by atoms with E-state index in [1.54, 1.807) is 0 Å². The van der Waals surface area contributed by atoms with Crippen molar-refractivity contribution in [1.82, 2.24) is 20.0 Å². The Morgan fingerprint density at radius 1 is 1.14 bits per heavy atom. The van der Waals surface area contributed by atoms with E-state index in [4.69, 9.17) is 5.10 Å². The minimum atomic E-state index is 0. The number of para-hydroxylation sites is 1. The Bertz CT molecular complexity index is 547. The zero-order valence-corrected chi connectivity index (χ0v) is 13.9. The maximum atomic E-state index is 4.69. The Labute approximate surface area is 138 Å². The van der Waals surface area contributed by atoms with Gasteiger partial charge in [0, 0.05) is 12.7 Å². The fourth-order valence-electron chi connectivity index (χ4n) is 3.04. The van der Waals surface area contributed by atoms with E-state index in [-0.39, 0.29) is 12.4 Å². The molecule has 3 rings (SSSR count). The maximum Gasteiger partial charge on any atom is 0.0769 e. The molecule has 0 bridgehead atoms. The Morgan fingerprint density at radius 3 is 2.55 bits per heavy atom. The van der Waals surface area contributed by atoms with Gasteiger partial charge in [-0.15, -0.1) is 12.4 Å². The monoisotopic (exact) mass is 320 g/mol. The third kappa shape index (κ3) is 4.32. The summed E-state index contributed by atoms with van der Waals surface area (Å²) in [5.41, 5.74) is 2.28. The number of rotatable bonds is 5. The van der Waals surface area contributed by atoms with Gasteiger partial charge in [0.2, 0.25) is 0 Å². The quantitative estimate of drug-likeness (QED) is 0.919. The fourth-order valence-corrected chi connectivity index (χ4v) is 3.04. The lowest BCUT2D eigenvalue weighted by Crippen LogP contribution is -2.36.